The molecule has 0 fully saturated rings. The molecule has 0 atom stereocenters. The molecule has 1 heterocycles. The molecule has 5 heteroatoms. The van der Waals surface area contributed by atoms with Crippen molar-refractivity contribution < 1.29 is 4.79 Å². The third-order valence-corrected chi connectivity index (χ3v) is 4.07. The Morgan fingerprint density at radius 1 is 1.12 bits per heavy atom. The maximum absolute atomic E-state index is 12.6. The number of aryl methyl sites for hydroxylation is 3. The molecule has 0 aliphatic heterocycles. The summed E-state index contributed by atoms with van der Waals surface area (Å²) in [5, 5.41) is 10.9. The molecule has 0 unspecified atom stereocenters. The Balaban J connectivity index is 1.83. The van der Waals surface area contributed by atoms with E-state index in [1.165, 1.54) is 0 Å². The van der Waals surface area contributed by atoms with Gasteiger partial charge < -0.3 is 5.32 Å². The Hall–Kier alpha value is -2.95. The molecule has 0 saturated carbocycles. The molecule has 3 rings (SSSR count). The zero-order chi connectivity index (χ0) is 17.1. The van der Waals surface area contributed by atoms with Crippen LogP contribution >= 0.6 is 0 Å². The lowest BCUT2D eigenvalue weighted by Gasteiger charge is -2.13. The summed E-state index contributed by atoms with van der Waals surface area (Å²) in [6.07, 6.45) is 2.58. The number of anilines is 1. The Morgan fingerprint density at radius 3 is 2.50 bits per heavy atom. The molecular formula is C19H20N4O. The predicted octanol–water partition coefficient (Wildman–Crippen LogP) is 3.70. The fourth-order valence-electron chi connectivity index (χ4n) is 2.68. The van der Waals surface area contributed by atoms with Gasteiger partial charge in [-0.3, -0.25) is 4.79 Å². The molecule has 0 spiro atoms. The molecule has 3 aromatic rings. The summed E-state index contributed by atoms with van der Waals surface area (Å²) < 4.78 is 1.73. The van der Waals surface area contributed by atoms with Gasteiger partial charge in [0.15, 0.2) is 0 Å². The third kappa shape index (κ3) is 3.06. The minimum absolute atomic E-state index is 0.110. The van der Waals surface area contributed by atoms with E-state index in [2.05, 4.69) is 22.6 Å². The monoisotopic (exact) mass is 320 g/mol. The molecule has 2 aromatic carbocycles. The van der Waals surface area contributed by atoms with E-state index < -0.39 is 0 Å². The van der Waals surface area contributed by atoms with Crippen molar-refractivity contribution in [2.24, 2.45) is 0 Å². The van der Waals surface area contributed by atoms with Crippen molar-refractivity contribution in [2.75, 3.05) is 5.32 Å². The predicted molar refractivity (Wildman–Crippen MR) is 94.6 cm³/mol. The number of benzene rings is 2. The Bertz CT molecular complexity index is 865. The summed E-state index contributed by atoms with van der Waals surface area (Å²) in [4.78, 5) is 12.6. The zero-order valence-electron chi connectivity index (χ0n) is 14.1. The van der Waals surface area contributed by atoms with E-state index in [1.54, 1.807) is 23.0 Å². The summed E-state index contributed by atoms with van der Waals surface area (Å²) in [6.45, 7) is 6.02. The van der Waals surface area contributed by atoms with Crippen molar-refractivity contribution in [3.63, 3.8) is 0 Å². The number of nitrogens with zero attached hydrogens (tertiary/aromatic N) is 3. The standard InChI is InChI=1S/C19H20N4O/c1-4-15-7-5-6-13(2)18(15)21-19(24)16-8-10-17(11-9-16)23-14(3)12-20-22-23/h5-12H,4H2,1-3H3,(H,21,24). The number of hydrogen-bond acceptors (Lipinski definition) is 3. The highest BCUT2D eigenvalue weighted by Crippen LogP contribution is 2.22. The highest BCUT2D eigenvalue weighted by Gasteiger charge is 2.11. The number of carbonyl (C=O) groups excluding carboxylic acids is 1. The molecule has 1 N–H and O–H groups in total. The van der Waals surface area contributed by atoms with Crippen molar-refractivity contribution in [1.82, 2.24) is 15.0 Å². The minimum atomic E-state index is -0.110. The second-order valence-electron chi connectivity index (χ2n) is 5.75. The van der Waals surface area contributed by atoms with Gasteiger partial charge in [0.2, 0.25) is 0 Å². The first-order valence-corrected chi connectivity index (χ1v) is 7.97. The number of aromatic nitrogens is 3. The van der Waals surface area contributed by atoms with E-state index in [0.29, 0.717) is 5.56 Å². The van der Waals surface area contributed by atoms with Gasteiger partial charge in [0.1, 0.15) is 0 Å². The summed E-state index contributed by atoms with van der Waals surface area (Å²) >= 11 is 0. The van der Waals surface area contributed by atoms with Crippen LogP contribution in [0.2, 0.25) is 0 Å². The number of carbonyl (C=O) groups is 1. The molecule has 1 amide bonds. The second kappa shape index (κ2) is 6.66. The summed E-state index contributed by atoms with van der Waals surface area (Å²) in [5.41, 5.74) is 5.55. The van der Waals surface area contributed by atoms with E-state index in [-0.39, 0.29) is 5.91 Å². The molecular weight excluding hydrogens is 300 g/mol. The lowest BCUT2D eigenvalue weighted by molar-refractivity contribution is 0.102. The van der Waals surface area contributed by atoms with Gasteiger partial charge in [0, 0.05) is 11.3 Å². The molecule has 24 heavy (non-hydrogen) atoms. The second-order valence-corrected chi connectivity index (χ2v) is 5.75. The van der Waals surface area contributed by atoms with Gasteiger partial charge >= 0.3 is 0 Å². The molecule has 0 saturated heterocycles. The number of hydrogen-bond donors (Lipinski definition) is 1. The van der Waals surface area contributed by atoms with Crippen LogP contribution in [0.15, 0.2) is 48.7 Å². The first kappa shape index (κ1) is 15.9. The van der Waals surface area contributed by atoms with Crippen LogP contribution in [0.4, 0.5) is 5.69 Å². The van der Waals surface area contributed by atoms with Crippen molar-refractivity contribution >= 4 is 11.6 Å². The van der Waals surface area contributed by atoms with Crippen LogP contribution in [0, 0.1) is 13.8 Å². The average Bonchev–Trinajstić information content (AvgIpc) is 3.02. The topological polar surface area (TPSA) is 59.8 Å². The maximum Gasteiger partial charge on any atom is 0.255 e. The van der Waals surface area contributed by atoms with Crippen molar-refractivity contribution in [3.8, 4) is 5.69 Å². The van der Waals surface area contributed by atoms with Crippen LogP contribution in [0.25, 0.3) is 5.69 Å². The maximum atomic E-state index is 12.6. The number of rotatable bonds is 4. The first-order valence-electron chi connectivity index (χ1n) is 7.97. The lowest BCUT2D eigenvalue weighted by atomic mass is 10.1. The summed E-state index contributed by atoms with van der Waals surface area (Å²) in [6, 6.07) is 13.4. The van der Waals surface area contributed by atoms with Crippen molar-refractivity contribution in [3.05, 3.63) is 71.0 Å². The number of para-hydroxylation sites is 1. The van der Waals surface area contributed by atoms with Crippen molar-refractivity contribution in [1.29, 1.82) is 0 Å². The molecule has 0 radical (unpaired) electrons. The van der Waals surface area contributed by atoms with Crippen LogP contribution in [0.1, 0.15) is 34.1 Å². The van der Waals surface area contributed by atoms with E-state index >= 15 is 0 Å². The molecule has 0 aliphatic carbocycles. The van der Waals surface area contributed by atoms with Crippen LogP contribution in [-0.4, -0.2) is 20.9 Å². The van der Waals surface area contributed by atoms with E-state index in [1.807, 2.05) is 44.2 Å². The Labute approximate surface area is 141 Å². The Kier molecular flexibility index (Phi) is 4.42. The van der Waals surface area contributed by atoms with Gasteiger partial charge in [-0.05, 0) is 55.7 Å². The van der Waals surface area contributed by atoms with Crippen LogP contribution < -0.4 is 5.32 Å². The van der Waals surface area contributed by atoms with Gasteiger partial charge in [-0.1, -0.05) is 30.3 Å². The lowest BCUT2D eigenvalue weighted by Crippen LogP contribution is -2.14. The number of amides is 1. The molecule has 0 aliphatic rings. The Morgan fingerprint density at radius 2 is 1.88 bits per heavy atom. The fourth-order valence-corrected chi connectivity index (χ4v) is 2.68. The van der Waals surface area contributed by atoms with Gasteiger partial charge in [-0.25, -0.2) is 4.68 Å². The largest absolute Gasteiger partial charge is 0.321 e. The average molecular weight is 320 g/mol. The van der Waals surface area contributed by atoms with Crippen molar-refractivity contribution in [2.45, 2.75) is 27.2 Å². The van der Waals surface area contributed by atoms with Gasteiger partial charge in [-0.2, -0.15) is 0 Å². The van der Waals surface area contributed by atoms with Crippen LogP contribution in [0.3, 0.4) is 0 Å². The first-order chi connectivity index (χ1) is 11.6. The van der Waals surface area contributed by atoms with E-state index in [0.717, 1.165) is 34.6 Å². The number of nitrogens with one attached hydrogen (secondary N) is 1. The molecule has 5 nitrogen and oxygen atoms in total. The normalized spacial score (nSPS) is 10.6. The summed E-state index contributed by atoms with van der Waals surface area (Å²) in [7, 11) is 0. The molecule has 0 bridgehead atoms. The molecule has 122 valence electrons. The zero-order valence-corrected chi connectivity index (χ0v) is 14.1. The highest BCUT2D eigenvalue weighted by molar-refractivity contribution is 6.05. The summed E-state index contributed by atoms with van der Waals surface area (Å²) in [5.74, 6) is -0.110. The van der Waals surface area contributed by atoms with E-state index in [4.69, 9.17) is 0 Å². The quantitative estimate of drug-likeness (QED) is 0.797. The van der Waals surface area contributed by atoms with Gasteiger partial charge in [0.05, 0.1) is 17.6 Å². The van der Waals surface area contributed by atoms with Crippen LogP contribution in [-0.2, 0) is 6.42 Å². The third-order valence-electron chi connectivity index (χ3n) is 4.07. The van der Waals surface area contributed by atoms with Gasteiger partial charge in [-0.15, -0.1) is 5.10 Å². The van der Waals surface area contributed by atoms with E-state index in [9.17, 15) is 4.79 Å². The van der Waals surface area contributed by atoms with Gasteiger partial charge in [0.25, 0.3) is 5.91 Å². The smallest absolute Gasteiger partial charge is 0.255 e. The SMILES string of the molecule is CCc1cccc(C)c1NC(=O)c1ccc(-n2nncc2C)cc1. The van der Waals surface area contributed by atoms with Crippen LogP contribution in [0.5, 0.6) is 0 Å². The molecule has 1 aromatic heterocycles. The highest BCUT2D eigenvalue weighted by atomic mass is 16.1. The minimum Gasteiger partial charge on any atom is -0.321 e. The fraction of sp³-hybridized carbons (Fsp3) is 0.211.